The summed E-state index contributed by atoms with van der Waals surface area (Å²) in [5.41, 5.74) is 7.23. The molecule has 58 heavy (non-hydrogen) atoms. The van der Waals surface area contributed by atoms with Gasteiger partial charge in [0.25, 0.3) is 0 Å². The van der Waals surface area contributed by atoms with Crippen LogP contribution in [0.5, 0.6) is 0 Å². The van der Waals surface area contributed by atoms with Crippen molar-refractivity contribution >= 4 is 11.0 Å². The highest BCUT2D eigenvalue weighted by molar-refractivity contribution is 5.86. The molecular formula is C49H31FN8. The second-order valence-electron chi connectivity index (χ2n) is 13.6. The average Bonchev–Trinajstić information content (AvgIpc) is 3.69. The van der Waals surface area contributed by atoms with Crippen LogP contribution in [-0.4, -0.2) is 39.5 Å². The second kappa shape index (κ2) is 14.9. The van der Waals surface area contributed by atoms with Crippen molar-refractivity contribution in [1.82, 2.24) is 39.5 Å². The fourth-order valence-electron chi connectivity index (χ4n) is 6.99. The number of rotatable bonds is 8. The molecule has 0 radical (unpaired) electrons. The number of imidazole rings is 1. The number of hydrogen-bond donors (Lipinski definition) is 0. The van der Waals surface area contributed by atoms with Gasteiger partial charge >= 0.3 is 0 Å². The van der Waals surface area contributed by atoms with E-state index in [0.29, 0.717) is 68.7 Å². The number of benzene rings is 7. The van der Waals surface area contributed by atoms with Crippen molar-refractivity contribution in [3.05, 3.63) is 194 Å². The minimum Gasteiger partial charge on any atom is -0.289 e. The number of aromatic nitrogens is 8. The molecule has 0 saturated carbocycles. The topological polar surface area (TPSA) is 95.2 Å². The minimum atomic E-state index is -0.377. The first kappa shape index (κ1) is 34.5. The van der Waals surface area contributed by atoms with E-state index in [1.54, 1.807) is 12.1 Å². The maximum absolute atomic E-state index is 15.8. The molecule has 0 aliphatic carbocycles. The summed E-state index contributed by atoms with van der Waals surface area (Å²) < 4.78 is 17.6. The Morgan fingerprint density at radius 2 is 0.655 bits per heavy atom. The molecule has 0 spiro atoms. The van der Waals surface area contributed by atoms with E-state index in [-0.39, 0.29) is 5.82 Å². The third kappa shape index (κ3) is 6.67. The Hall–Kier alpha value is -8.04. The summed E-state index contributed by atoms with van der Waals surface area (Å²) in [6, 6.07) is 59.8. The Morgan fingerprint density at radius 3 is 1.09 bits per heavy atom. The molecule has 0 aliphatic rings. The monoisotopic (exact) mass is 750 g/mol. The fourth-order valence-corrected chi connectivity index (χ4v) is 6.99. The highest BCUT2D eigenvalue weighted by atomic mass is 19.1. The van der Waals surface area contributed by atoms with Crippen LogP contribution in [0, 0.1) is 5.82 Å². The third-order valence-corrected chi connectivity index (χ3v) is 9.76. The molecule has 9 heteroatoms. The predicted octanol–water partition coefficient (Wildman–Crippen LogP) is 11.2. The van der Waals surface area contributed by atoms with Gasteiger partial charge in [0, 0.05) is 38.9 Å². The van der Waals surface area contributed by atoms with Crippen LogP contribution < -0.4 is 0 Å². The van der Waals surface area contributed by atoms with Gasteiger partial charge < -0.3 is 0 Å². The zero-order chi connectivity index (χ0) is 38.8. The molecule has 0 N–H and O–H groups in total. The molecule has 3 aromatic heterocycles. The van der Waals surface area contributed by atoms with Crippen molar-refractivity contribution in [2.24, 2.45) is 0 Å². The largest absolute Gasteiger partial charge is 0.289 e. The Morgan fingerprint density at radius 1 is 0.310 bits per heavy atom. The Kier molecular flexibility index (Phi) is 8.85. The zero-order valence-corrected chi connectivity index (χ0v) is 30.9. The summed E-state index contributed by atoms with van der Waals surface area (Å²) in [5, 5.41) is 0. The van der Waals surface area contributed by atoms with Crippen LogP contribution in [0.15, 0.2) is 188 Å². The summed E-state index contributed by atoms with van der Waals surface area (Å²) >= 11 is 0. The van der Waals surface area contributed by atoms with Crippen LogP contribution in [0.25, 0.3) is 96.4 Å². The van der Waals surface area contributed by atoms with E-state index in [1.165, 1.54) is 6.07 Å². The van der Waals surface area contributed by atoms with Gasteiger partial charge in [-0.3, -0.25) is 4.57 Å². The maximum Gasteiger partial charge on any atom is 0.164 e. The van der Waals surface area contributed by atoms with Gasteiger partial charge in [-0.25, -0.2) is 39.3 Å². The summed E-state index contributed by atoms with van der Waals surface area (Å²) in [6.45, 7) is 0. The molecule has 0 unspecified atom stereocenters. The van der Waals surface area contributed by atoms with Crippen LogP contribution in [0.1, 0.15) is 0 Å². The van der Waals surface area contributed by atoms with E-state index in [4.69, 9.17) is 34.9 Å². The quantitative estimate of drug-likeness (QED) is 0.153. The number of hydrogen-bond acceptors (Lipinski definition) is 7. The second-order valence-corrected chi connectivity index (χ2v) is 13.6. The van der Waals surface area contributed by atoms with Gasteiger partial charge in [0.15, 0.2) is 34.9 Å². The smallest absolute Gasteiger partial charge is 0.164 e. The van der Waals surface area contributed by atoms with E-state index >= 15 is 4.39 Å². The normalized spacial score (nSPS) is 11.2. The first-order valence-corrected chi connectivity index (χ1v) is 18.8. The average molecular weight is 751 g/mol. The Labute approximate surface area is 333 Å². The summed E-state index contributed by atoms with van der Waals surface area (Å²) in [5.74, 6) is 3.10. The van der Waals surface area contributed by atoms with Crippen LogP contribution in [0.2, 0.25) is 0 Å². The molecule has 0 saturated heterocycles. The first-order chi connectivity index (χ1) is 28.6. The molecule has 0 aliphatic heterocycles. The van der Waals surface area contributed by atoms with Crippen LogP contribution >= 0.6 is 0 Å². The molecule has 0 atom stereocenters. The molecule has 10 aromatic rings. The third-order valence-electron chi connectivity index (χ3n) is 9.76. The number of fused-ring (bicyclic) bond motifs is 1. The van der Waals surface area contributed by atoms with Crippen LogP contribution in [0.4, 0.5) is 4.39 Å². The van der Waals surface area contributed by atoms with E-state index in [9.17, 15) is 0 Å². The summed E-state index contributed by atoms with van der Waals surface area (Å²) in [7, 11) is 0. The predicted molar refractivity (Wildman–Crippen MR) is 226 cm³/mol. The highest BCUT2D eigenvalue weighted by Gasteiger charge is 2.22. The summed E-state index contributed by atoms with van der Waals surface area (Å²) in [4.78, 5) is 35.3. The SMILES string of the molecule is Fc1ccccc1-n1c(-c2cc(-c3nc(-c4ccccc4)nc(-c4ccccc4)n3)cc(-c3nc(-c4ccccc4)nc(-c4ccccc4)n3)c2)nc2ccccc21. The van der Waals surface area contributed by atoms with Crippen molar-refractivity contribution in [3.8, 4) is 85.4 Å². The van der Waals surface area contributed by atoms with E-state index in [0.717, 1.165) is 27.8 Å². The molecule has 274 valence electrons. The van der Waals surface area contributed by atoms with Gasteiger partial charge in [0.1, 0.15) is 11.6 Å². The molecule has 0 amide bonds. The molecular weight excluding hydrogens is 720 g/mol. The molecule has 3 heterocycles. The standard InChI is InChI=1S/C49H31FN8/c50-39-25-13-15-27-41(39)58-42-28-16-14-26-40(42)51-49(58)38-30-36(47-54-43(32-17-5-1-6-18-32)52-44(55-47)33-19-7-2-8-20-33)29-37(31-38)48-56-45(34-21-9-3-10-22-34)53-46(57-48)35-23-11-4-12-24-35/h1-31H. The highest BCUT2D eigenvalue weighted by Crippen LogP contribution is 2.36. The number of nitrogens with zero attached hydrogens (tertiary/aromatic N) is 8. The van der Waals surface area contributed by atoms with Gasteiger partial charge in [-0.15, -0.1) is 0 Å². The Bertz CT molecular complexity index is 2800. The number of para-hydroxylation sites is 3. The minimum absolute atomic E-state index is 0.369. The molecule has 7 aromatic carbocycles. The van der Waals surface area contributed by atoms with Crippen molar-refractivity contribution in [2.45, 2.75) is 0 Å². The molecule has 0 fully saturated rings. The van der Waals surface area contributed by atoms with E-state index in [2.05, 4.69) is 0 Å². The fraction of sp³-hybridized carbons (Fsp3) is 0. The maximum atomic E-state index is 15.8. The van der Waals surface area contributed by atoms with Crippen LogP contribution in [-0.2, 0) is 0 Å². The van der Waals surface area contributed by atoms with Gasteiger partial charge in [-0.1, -0.05) is 146 Å². The lowest BCUT2D eigenvalue weighted by molar-refractivity contribution is 0.620. The first-order valence-electron chi connectivity index (χ1n) is 18.8. The van der Waals surface area contributed by atoms with Crippen LogP contribution in [0.3, 0.4) is 0 Å². The molecule has 0 bridgehead atoms. The lowest BCUT2D eigenvalue weighted by atomic mass is 10.0. The zero-order valence-electron chi connectivity index (χ0n) is 30.9. The lowest BCUT2D eigenvalue weighted by Crippen LogP contribution is -2.04. The van der Waals surface area contributed by atoms with Crippen molar-refractivity contribution in [3.63, 3.8) is 0 Å². The van der Waals surface area contributed by atoms with E-state index in [1.807, 2.05) is 174 Å². The Balaban J connectivity index is 1.27. The van der Waals surface area contributed by atoms with Crippen molar-refractivity contribution in [1.29, 1.82) is 0 Å². The van der Waals surface area contributed by atoms with E-state index < -0.39 is 0 Å². The van der Waals surface area contributed by atoms with Gasteiger partial charge in [0.2, 0.25) is 0 Å². The van der Waals surface area contributed by atoms with Crippen molar-refractivity contribution < 1.29 is 4.39 Å². The summed E-state index contributed by atoms with van der Waals surface area (Å²) in [6.07, 6.45) is 0. The lowest BCUT2D eigenvalue weighted by Gasteiger charge is -2.14. The van der Waals surface area contributed by atoms with Crippen molar-refractivity contribution in [2.75, 3.05) is 0 Å². The molecule has 10 rings (SSSR count). The number of halogens is 1. The molecule has 8 nitrogen and oxygen atoms in total. The van der Waals surface area contributed by atoms with Gasteiger partial charge in [-0.2, -0.15) is 0 Å². The van der Waals surface area contributed by atoms with Gasteiger partial charge in [-0.05, 0) is 42.5 Å². The van der Waals surface area contributed by atoms with Gasteiger partial charge in [0.05, 0.1) is 16.7 Å².